The summed E-state index contributed by atoms with van der Waals surface area (Å²) in [6.07, 6.45) is 1.40. The van der Waals surface area contributed by atoms with Gasteiger partial charge in [0.15, 0.2) is 0 Å². The summed E-state index contributed by atoms with van der Waals surface area (Å²) < 4.78 is 1.67. The van der Waals surface area contributed by atoms with Gasteiger partial charge in [-0.2, -0.15) is 5.10 Å². The van der Waals surface area contributed by atoms with E-state index in [9.17, 15) is 9.59 Å². The summed E-state index contributed by atoms with van der Waals surface area (Å²) >= 11 is 0. The number of carbonyl (C=O) groups is 2. The Balaban J connectivity index is 2.00. The normalized spacial score (nSPS) is 19.5. The number of likely N-dealkylation sites (tertiary alicyclic amines) is 1. The molecule has 1 atom stereocenters. The molecule has 0 saturated carbocycles. The highest BCUT2D eigenvalue weighted by Gasteiger charge is 2.28. The van der Waals surface area contributed by atoms with E-state index >= 15 is 0 Å². The lowest BCUT2D eigenvalue weighted by atomic mass is 9.98. The van der Waals surface area contributed by atoms with Crippen LogP contribution in [0.5, 0.6) is 0 Å². The molecule has 19 heavy (non-hydrogen) atoms. The molecule has 1 saturated heterocycles. The Morgan fingerprint density at radius 3 is 2.79 bits per heavy atom. The van der Waals surface area contributed by atoms with Gasteiger partial charge in [0.2, 0.25) is 5.91 Å². The van der Waals surface area contributed by atoms with Crippen molar-refractivity contribution in [3.63, 3.8) is 0 Å². The Morgan fingerprint density at radius 1 is 1.47 bits per heavy atom. The summed E-state index contributed by atoms with van der Waals surface area (Å²) in [5.41, 5.74) is 1.82. The zero-order chi connectivity index (χ0) is 14.0. The van der Waals surface area contributed by atoms with Crippen LogP contribution < -0.4 is 0 Å². The fourth-order valence-corrected chi connectivity index (χ4v) is 2.47. The van der Waals surface area contributed by atoms with Crippen molar-refractivity contribution in [3.05, 3.63) is 17.5 Å². The Morgan fingerprint density at radius 2 is 2.21 bits per heavy atom. The van der Waals surface area contributed by atoms with Crippen LogP contribution >= 0.6 is 0 Å². The van der Waals surface area contributed by atoms with Crippen LogP contribution in [0, 0.1) is 19.8 Å². The van der Waals surface area contributed by atoms with Crippen LogP contribution in [0.4, 0.5) is 0 Å². The minimum atomic E-state index is -0.816. The molecule has 6 nitrogen and oxygen atoms in total. The van der Waals surface area contributed by atoms with Gasteiger partial charge in [-0.15, -0.1) is 0 Å². The number of carboxylic acids is 1. The molecule has 0 aromatic carbocycles. The lowest BCUT2D eigenvalue weighted by Crippen LogP contribution is -2.43. The fraction of sp³-hybridized carbons (Fsp3) is 0.615. The molecule has 104 valence electrons. The minimum absolute atomic E-state index is 0.0582. The molecule has 1 amide bonds. The minimum Gasteiger partial charge on any atom is -0.481 e. The van der Waals surface area contributed by atoms with Gasteiger partial charge in [0.05, 0.1) is 11.6 Å². The number of amides is 1. The van der Waals surface area contributed by atoms with E-state index in [0.717, 1.165) is 17.8 Å². The largest absolute Gasteiger partial charge is 0.481 e. The molecule has 0 radical (unpaired) electrons. The second-order valence-electron chi connectivity index (χ2n) is 5.10. The Bertz CT molecular complexity index is 495. The van der Waals surface area contributed by atoms with Crippen LogP contribution in [-0.4, -0.2) is 44.8 Å². The van der Waals surface area contributed by atoms with Gasteiger partial charge < -0.3 is 10.0 Å². The molecule has 2 rings (SSSR count). The van der Waals surface area contributed by atoms with Crippen molar-refractivity contribution < 1.29 is 14.7 Å². The number of carboxylic acid groups (broad SMARTS) is 1. The number of hydrogen-bond donors (Lipinski definition) is 1. The lowest BCUT2D eigenvalue weighted by Gasteiger charge is -2.30. The second-order valence-corrected chi connectivity index (χ2v) is 5.10. The van der Waals surface area contributed by atoms with Crippen LogP contribution in [0.2, 0.25) is 0 Å². The monoisotopic (exact) mass is 265 g/mol. The number of carbonyl (C=O) groups excluding carboxylic acids is 1. The summed E-state index contributed by atoms with van der Waals surface area (Å²) in [5.74, 6) is -1.31. The van der Waals surface area contributed by atoms with Gasteiger partial charge >= 0.3 is 5.97 Å². The number of rotatable bonds is 3. The highest BCUT2D eigenvalue weighted by molar-refractivity contribution is 5.77. The number of piperidine rings is 1. The SMILES string of the molecule is Cc1cc(C)n(CC(=O)N2CCC[C@H](C(=O)O)C2)n1. The van der Waals surface area contributed by atoms with Crippen LogP contribution in [0.25, 0.3) is 0 Å². The zero-order valence-electron chi connectivity index (χ0n) is 11.3. The van der Waals surface area contributed by atoms with Crippen LogP contribution in [0.15, 0.2) is 6.07 Å². The quantitative estimate of drug-likeness (QED) is 0.878. The molecule has 0 unspecified atom stereocenters. The molecule has 0 aliphatic carbocycles. The summed E-state index contributed by atoms with van der Waals surface area (Å²) in [4.78, 5) is 24.8. The average molecular weight is 265 g/mol. The van der Waals surface area contributed by atoms with E-state index in [1.165, 1.54) is 0 Å². The summed E-state index contributed by atoms with van der Waals surface area (Å²) in [6.45, 7) is 4.93. The zero-order valence-corrected chi connectivity index (χ0v) is 11.3. The van der Waals surface area contributed by atoms with Crippen LogP contribution in [0.1, 0.15) is 24.2 Å². The topological polar surface area (TPSA) is 75.4 Å². The van der Waals surface area contributed by atoms with Gasteiger partial charge in [0.25, 0.3) is 0 Å². The second kappa shape index (κ2) is 5.42. The Kier molecular flexibility index (Phi) is 3.87. The third-order valence-corrected chi connectivity index (χ3v) is 3.51. The molecule has 0 spiro atoms. The molecule has 1 aliphatic rings. The first-order valence-corrected chi connectivity index (χ1v) is 6.49. The number of aliphatic carboxylic acids is 1. The van der Waals surface area contributed by atoms with E-state index in [-0.39, 0.29) is 12.5 Å². The third kappa shape index (κ3) is 3.13. The van der Waals surface area contributed by atoms with Crippen molar-refractivity contribution in [2.24, 2.45) is 5.92 Å². The first-order chi connectivity index (χ1) is 8.97. The van der Waals surface area contributed by atoms with E-state index in [0.29, 0.717) is 19.5 Å². The molecule has 2 heterocycles. The van der Waals surface area contributed by atoms with Gasteiger partial charge in [-0.25, -0.2) is 0 Å². The Hall–Kier alpha value is -1.85. The van der Waals surface area contributed by atoms with Crippen LogP contribution in [-0.2, 0) is 16.1 Å². The van der Waals surface area contributed by atoms with Crippen molar-refractivity contribution in [3.8, 4) is 0 Å². The van der Waals surface area contributed by atoms with Crippen molar-refractivity contribution in [1.82, 2.24) is 14.7 Å². The maximum absolute atomic E-state index is 12.2. The van der Waals surface area contributed by atoms with Crippen LogP contribution in [0.3, 0.4) is 0 Å². The molecular formula is C13H19N3O3. The van der Waals surface area contributed by atoms with Crippen molar-refractivity contribution in [2.45, 2.75) is 33.2 Å². The molecule has 0 bridgehead atoms. The molecule has 1 fully saturated rings. The standard InChI is InChI=1S/C13H19N3O3/c1-9-6-10(2)16(14-9)8-12(17)15-5-3-4-11(7-15)13(18)19/h6,11H,3-5,7-8H2,1-2H3,(H,18,19)/t11-/m0/s1. The van der Waals surface area contributed by atoms with E-state index in [4.69, 9.17) is 5.11 Å². The lowest BCUT2D eigenvalue weighted by molar-refractivity contribution is -0.145. The number of aromatic nitrogens is 2. The van der Waals surface area contributed by atoms with Gasteiger partial charge in [-0.1, -0.05) is 0 Å². The summed E-state index contributed by atoms with van der Waals surface area (Å²) in [7, 11) is 0. The predicted octanol–water partition coefficient (Wildman–Crippen LogP) is 0.823. The summed E-state index contributed by atoms with van der Waals surface area (Å²) in [6, 6.07) is 1.92. The Labute approximate surface area is 112 Å². The molecule has 1 N–H and O–H groups in total. The number of aryl methyl sites for hydroxylation is 2. The maximum atomic E-state index is 12.2. The van der Waals surface area contributed by atoms with Gasteiger partial charge in [-0.3, -0.25) is 14.3 Å². The van der Waals surface area contributed by atoms with E-state index in [1.807, 2.05) is 19.9 Å². The smallest absolute Gasteiger partial charge is 0.308 e. The van der Waals surface area contributed by atoms with Gasteiger partial charge in [-0.05, 0) is 32.8 Å². The first kappa shape index (κ1) is 13.6. The number of nitrogens with zero attached hydrogens (tertiary/aromatic N) is 3. The van der Waals surface area contributed by atoms with Gasteiger partial charge in [0.1, 0.15) is 6.54 Å². The van der Waals surface area contributed by atoms with Gasteiger partial charge in [0, 0.05) is 18.8 Å². The molecule has 6 heteroatoms. The molecule has 1 aromatic rings. The molecule has 1 aromatic heterocycles. The first-order valence-electron chi connectivity index (χ1n) is 6.49. The van der Waals surface area contributed by atoms with Crippen molar-refractivity contribution >= 4 is 11.9 Å². The van der Waals surface area contributed by atoms with E-state index in [1.54, 1.807) is 9.58 Å². The maximum Gasteiger partial charge on any atom is 0.308 e. The van der Waals surface area contributed by atoms with Crippen molar-refractivity contribution in [1.29, 1.82) is 0 Å². The number of hydrogen-bond acceptors (Lipinski definition) is 3. The highest BCUT2D eigenvalue weighted by Crippen LogP contribution is 2.17. The van der Waals surface area contributed by atoms with Crippen molar-refractivity contribution in [2.75, 3.05) is 13.1 Å². The fourth-order valence-electron chi connectivity index (χ4n) is 2.47. The molecular weight excluding hydrogens is 246 g/mol. The third-order valence-electron chi connectivity index (χ3n) is 3.51. The molecule has 1 aliphatic heterocycles. The summed E-state index contributed by atoms with van der Waals surface area (Å²) in [5, 5.41) is 13.3. The highest BCUT2D eigenvalue weighted by atomic mass is 16.4. The van der Waals surface area contributed by atoms with E-state index in [2.05, 4.69) is 5.10 Å². The average Bonchev–Trinajstić information content (AvgIpc) is 2.68. The van der Waals surface area contributed by atoms with E-state index < -0.39 is 11.9 Å². The predicted molar refractivity (Wildman–Crippen MR) is 68.6 cm³/mol.